The van der Waals surface area contributed by atoms with Gasteiger partial charge in [-0.1, -0.05) is 52.0 Å². The van der Waals surface area contributed by atoms with E-state index in [4.69, 9.17) is 5.11 Å². The van der Waals surface area contributed by atoms with Crippen LogP contribution in [0.2, 0.25) is 0 Å². The molecule has 0 aromatic heterocycles. The van der Waals surface area contributed by atoms with Crippen LogP contribution in [-0.4, -0.2) is 11.1 Å². The molecule has 0 aliphatic heterocycles. The molecule has 1 atom stereocenters. The van der Waals surface area contributed by atoms with Crippen LogP contribution >= 0.6 is 0 Å². The molecular formula is C15H22O2. The molecular weight excluding hydrogens is 212 g/mol. The van der Waals surface area contributed by atoms with Crippen LogP contribution in [0.15, 0.2) is 24.3 Å². The molecule has 0 saturated heterocycles. The van der Waals surface area contributed by atoms with Gasteiger partial charge in [0, 0.05) is 6.42 Å². The molecule has 0 aliphatic carbocycles. The second-order valence-electron chi connectivity index (χ2n) is 5.71. The normalized spacial score (nSPS) is 13.4. The van der Waals surface area contributed by atoms with Crippen molar-refractivity contribution in [3.63, 3.8) is 0 Å². The second kappa shape index (κ2) is 5.35. The Hall–Kier alpha value is -1.31. The maximum Gasteiger partial charge on any atom is 0.303 e. The Bertz CT molecular complexity index is 371. The molecule has 1 aromatic rings. The summed E-state index contributed by atoms with van der Waals surface area (Å²) in [7, 11) is 0. The lowest BCUT2D eigenvalue weighted by molar-refractivity contribution is -0.137. The average molecular weight is 234 g/mol. The van der Waals surface area contributed by atoms with Crippen LogP contribution in [-0.2, 0) is 10.2 Å². The number of carboxylic acid groups (broad SMARTS) is 1. The second-order valence-corrected chi connectivity index (χ2v) is 5.71. The molecule has 0 radical (unpaired) electrons. The van der Waals surface area contributed by atoms with Gasteiger partial charge in [0.15, 0.2) is 0 Å². The van der Waals surface area contributed by atoms with E-state index in [2.05, 4.69) is 52.0 Å². The Morgan fingerprint density at radius 3 is 2.18 bits per heavy atom. The van der Waals surface area contributed by atoms with Gasteiger partial charge in [-0.25, -0.2) is 0 Å². The lowest BCUT2D eigenvalue weighted by atomic mass is 9.85. The van der Waals surface area contributed by atoms with Crippen molar-refractivity contribution < 1.29 is 9.90 Å². The summed E-state index contributed by atoms with van der Waals surface area (Å²) in [6.07, 6.45) is 0.937. The molecule has 0 bridgehead atoms. The third-order valence-electron chi connectivity index (χ3n) is 3.14. The molecule has 1 rings (SSSR count). The molecule has 1 N–H and O–H groups in total. The maximum absolute atomic E-state index is 10.5. The molecule has 2 nitrogen and oxygen atoms in total. The van der Waals surface area contributed by atoms with Gasteiger partial charge in [0.2, 0.25) is 0 Å². The first-order chi connectivity index (χ1) is 7.80. The van der Waals surface area contributed by atoms with Gasteiger partial charge in [-0.3, -0.25) is 4.79 Å². The van der Waals surface area contributed by atoms with Crippen molar-refractivity contribution in [3.8, 4) is 0 Å². The van der Waals surface area contributed by atoms with Crippen molar-refractivity contribution in [1.29, 1.82) is 0 Å². The van der Waals surface area contributed by atoms with Crippen LogP contribution in [0.5, 0.6) is 0 Å². The number of carboxylic acids is 1. The summed E-state index contributed by atoms with van der Waals surface area (Å²) in [6, 6.07) is 8.53. The van der Waals surface area contributed by atoms with E-state index in [1.54, 1.807) is 0 Å². The lowest BCUT2D eigenvalue weighted by Gasteiger charge is -2.20. The lowest BCUT2D eigenvalue weighted by Crippen LogP contribution is -2.11. The molecule has 0 fully saturated rings. The largest absolute Gasteiger partial charge is 0.481 e. The summed E-state index contributed by atoms with van der Waals surface area (Å²) >= 11 is 0. The van der Waals surface area contributed by atoms with E-state index in [1.807, 2.05) is 0 Å². The zero-order valence-electron chi connectivity index (χ0n) is 11.2. The molecule has 0 amide bonds. The summed E-state index contributed by atoms with van der Waals surface area (Å²) in [6.45, 7) is 8.65. The summed E-state index contributed by atoms with van der Waals surface area (Å²) < 4.78 is 0. The fraction of sp³-hybridized carbons (Fsp3) is 0.533. The number of carbonyl (C=O) groups is 1. The third kappa shape index (κ3) is 4.22. The molecule has 0 spiro atoms. The van der Waals surface area contributed by atoms with Crippen LogP contribution in [0.3, 0.4) is 0 Å². The summed E-state index contributed by atoms with van der Waals surface area (Å²) in [4.78, 5) is 10.5. The van der Waals surface area contributed by atoms with E-state index in [9.17, 15) is 4.79 Å². The molecule has 94 valence electrons. The quantitative estimate of drug-likeness (QED) is 0.856. The standard InChI is InChI=1S/C15H22O2/c1-11(5-10-14(16)17)12-6-8-13(9-7-12)15(2,3)4/h6-9,11H,5,10H2,1-4H3,(H,16,17). The van der Waals surface area contributed by atoms with Crippen LogP contribution < -0.4 is 0 Å². The van der Waals surface area contributed by atoms with E-state index in [1.165, 1.54) is 11.1 Å². The minimum atomic E-state index is -0.719. The van der Waals surface area contributed by atoms with Crippen molar-refractivity contribution >= 4 is 5.97 Å². The van der Waals surface area contributed by atoms with Crippen LogP contribution in [0.25, 0.3) is 0 Å². The Labute approximate surface area is 104 Å². The highest BCUT2D eigenvalue weighted by atomic mass is 16.4. The van der Waals surface area contributed by atoms with Crippen molar-refractivity contribution in [1.82, 2.24) is 0 Å². The van der Waals surface area contributed by atoms with Crippen LogP contribution in [0.4, 0.5) is 0 Å². The molecule has 2 heteroatoms. The highest BCUT2D eigenvalue weighted by Gasteiger charge is 2.14. The third-order valence-corrected chi connectivity index (χ3v) is 3.14. The van der Waals surface area contributed by atoms with Gasteiger partial charge in [-0.05, 0) is 28.9 Å². The topological polar surface area (TPSA) is 37.3 Å². The predicted octanol–water partition coefficient (Wildman–Crippen LogP) is 3.95. The Kier molecular flexibility index (Phi) is 4.33. The summed E-state index contributed by atoms with van der Waals surface area (Å²) in [5.74, 6) is -0.414. The first kappa shape index (κ1) is 13.8. The van der Waals surface area contributed by atoms with Gasteiger partial charge in [-0.15, -0.1) is 0 Å². The minimum absolute atomic E-state index is 0.169. The summed E-state index contributed by atoms with van der Waals surface area (Å²) in [5.41, 5.74) is 2.70. The first-order valence-corrected chi connectivity index (χ1v) is 6.13. The Morgan fingerprint density at radius 1 is 1.24 bits per heavy atom. The van der Waals surface area contributed by atoms with Crippen molar-refractivity contribution in [2.24, 2.45) is 0 Å². The smallest absolute Gasteiger partial charge is 0.303 e. The summed E-state index contributed by atoms with van der Waals surface area (Å²) in [5, 5.41) is 8.66. The van der Waals surface area contributed by atoms with Gasteiger partial charge >= 0.3 is 5.97 Å². The maximum atomic E-state index is 10.5. The highest BCUT2D eigenvalue weighted by Crippen LogP contribution is 2.26. The molecule has 1 unspecified atom stereocenters. The zero-order valence-corrected chi connectivity index (χ0v) is 11.2. The highest BCUT2D eigenvalue weighted by molar-refractivity contribution is 5.66. The van der Waals surface area contributed by atoms with Crippen molar-refractivity contribution in [3.05, 3.63) is 35.4 Å². The average Bonchev–Trinajstić information content (AvgIpc) is 2.25. The van der Waals surface area contributed by atoms with E-state index >= 15 is 0 Å². The minimum Gasteiger partial charge on any atom is -0.481 e. The van der Waals surface area contributed by atoms with E-state index in [-0.39, 0.29) is 11.8 Å². The molecule has 17 heavy (non-hydrogen) atoms. The number of benzene rings is 1. The van der Waals surface area contributed by atoms with Gasteiger partial charge in [0.05, 0.1) is 0 Å². The number of hydrogen-bond donors (Lipinski definition) is 1. The predicted molar refractivity (Wildman–Crippen MR) is 70.4 cm³/mol. The van der Waals surface area contributed by atoms with Crippen LogP contribution in [0.1, 0.15) is 57.6 Å². The molecule has 0 aliphatic rings. The van der Waals surface area contributed by atoms with Gasteiger partial charge in [0.25, 0.3) is 0 Å². The molecule has 0 heterocycles. The van der Waals surface area contributed by atoms with Crippen molar-refractivity contribution in [2.75, 3.05) is 0 Å². The number of aliphatic carboxylic acids is 1. The fourth-order valence-corrected chi connectivity index (χ4v) is 1.82. The number of hydrogen-bond acceptors (Lipinski definition) is 1. The Morgan fingerprint density at radius 2 is 1.76 bits per heavy atom. The zero-order chi connectivity index (χ0) is 13.1. The fourth-order valence-electron chi connectivity index (χ4n) is 1.82. The number of rotatable bonds is 4. The van der Waals surface area contributed by atoms with Gasteiger partial charge in [0.1, 0.15) is 0 Å². The van der Waals surface area contributed by atoms with Gasteiger partial charge in [-0.2, -0.15) is 0 Å². The molecule has 0 saturated carbocycles. The van der Waals surface area contributed by atoms with Crippen LogP contribution in [0, 0.1) is 0 Å². The first-order valence-electron chi connectivity index (χ1n) is 6.13. The van der Waals surface area contributed by atoms with E-state index in [0.717, 1.165) is 0 Å². The monoisotopic (exact) mass is 234 g/mol. The SMILES string of the molecule is CC(CCC(=O)O)c1ccc(C(C)(C)C)cc1. The van der Waals surface area contributed by atoms with Gasteiger partial charge < -0.3 is 5.11 Å². The van der Waals surface area contributed by atoms with Crippen molar-refractivity contribution in [2.45, 2.75) is 51.9 Å². The van der Waals surface area contributed by atoms with E-state index in [0.29, 0.717) is 12.3 Å². The van der Waals surface area contributed by atoms with E-state index < -0.39 is 5.97 Å². The Balaban J connectivity index is 2.70. The molecule has 1 aromatic carbocycles.